The molecular formula is C26H23N3O3S. The van der Waals surface area contributed by atoms with Crippen molar-refractivity contribution in [1.29, 1.82) is 0 Å². The topological polar surface area (TPSA) is 81.1 Å². The fourth-order valence-electron chi connectivity index (χ4n) is 3.43. The second kappa shape index (κ2) is 9.83. The Morgan fingerprint density at radius 2 is 1.67 bits per heavy atom. The summed E-state index contributed by atoms with van der Waals surface area (Å²) in [5.74, 6) is -0.187. The number of Topliss-reactive ketones (excluding diaryl/α,β-unsaturated/α-hetero) is 1. The minimum Gasteiger partial charge on any atom is -0.325 e. The molecule has 0 saturated heterocycles. The smallest absolute Gasteiger partial charge is 0.266 e. The number of ketones is 1. The van der Waals surface area contributed by atoms with Crippen molar-refractivity contribution >= 4 is 40.0 Å². The molecule has 4 aromatic rings. The quantitative estimate of drug-likeness (QED) is 0.243. The van der Waals surface area contributed by atoms with Gasteiger partial charge in [-0.05, 0) is 67.4 Å². The highest BCUT2D eigenvalue weighted by Crippen LogP contribution is 2.22. The number of hydrogen-bond donors (Lipinski definition) is 1. The molecule has 0 saturated carbocycles. The number of carbonyl (C=O) groups excluding carboxylic acids is 2. The minimum absolute atomic E-state index is 0.0317. The summed E-state index contributed by atoms with van der Waals surface area (Å²) in [5.41, 5.74) is 3.48. The predicted molar refractivity (Wildman–Crippen MR) is 133 cm³/mol. The lowest BCUT2D eigenvalue weighted by molar-refractivity contribution is -0.113. The van der Waals surface area contributed by atoms with E-state index in [4.69, 9.17) is 0 Å². The van der Waals surface area contributed by atoms with E-state index in [9.17, 15) is 14.4 Å². The minimum atomic E-state index is -0.231. The molecule has 1 aromatic heterocycles. The first kappa shape index (κ1) is 22.5. The van der Waals surface area contributed by atoms with Crippen molar-refractivity contribution < 1.29 is 9.59 Å². The van der Waals surface area contributed by atoms with Crippen molar-refractivity contribution in [2.75, 3.05) is 11.1 Å². The van der Waals surface area contributed by atoms with Gasteiger partial charge in [-0.3, -0.25) is 19.0 Å². The van der Waals surface area contributed by atoms with Crippen molar-refractivity contribution in [2.24, 2.45) is 0 Å². The van der Waals surface area contributed by atoms with E-state index in [0.29, 0.717) is 33.0 Å². The monoisotopic (exact) mass is 457 g/mol. The van der Waals surface area contributed by atoms with Crippen LogP contribution in [-0.4, -0.2) is 27.0 Å². The first-order chi connectivity index (χ1) is 16.0. The van der Waals surface area contributed by atoms with Gasteiger partial charge in [-0.25, -0.2) is 4.98 Å². The summed E-state index contributed by atoms with van der Waals surface area (Å²) in [7, 11) is 0. The first-order valence-electron chi connectivity index (χ1n) is 10.6. The molecule has 1 amide bonds. The molecule has 33 heavy (non-hydrogen) atoms. The van der Waals surface area contributed by atoms with E-state index in [0.717, 1.165) is 6.42 Å². The lowest BCUT2D eigenvalue weighted by atomic mass is 10.1. The third-order valence-corrected chi connectivity index (χ3v) is 6.19. The van der Waals surface area contributed by atoms with Crippen molar-refractivity contribution in [3.05, 3.63) is 94.3 Å². The summed E-state index contributed by atoms with van der Waals surface area (Å²) in [4.78, 5) is 42.0. The fraction of sp³-hybridized carbons (Fsp3) is 0.154. The number of amides is 1. The third-order valence-electron chi connectivity index (χ3n) is 5.26. The van der Waals surface area contributed by atoms with E-state index in [-0.39, 0.29) is 23.0 Å². The fourth-order valence-corrected chi connectivity index (χ4v) is 4.25. The van der Waals surface area contributed by atoms with Gasteiger partial charge in [0.05, 0.1) is 22.3 Å². The van der Waals surface area contributed by atoms with Crippen molar-refractivity contribution in [3.8, 4) is 5.69 Å². The van der Waals surface area contributed by atoms with Gasteiger partial charge in [-0.15, -0.1) is 0 Å². The molecule has 0 spiro atoms. The number of benzene rings is 3. The third kappa shape index (κ3) is 5.04. The van der Waals surface area contributed by atoms with Gasteiger partial charge in [0, 0.05) is 11.3 Å². The number of para-hydroxylation sites is 1. The number of fused-ring (bicyclic) bond motifs is 1. The van der Waals surface area contributed by atoms with E-state index >= 15 is 0 Å². The van der Waals surface area contributed by atoms with Crippen molar-refractivity contribution in [2.45, 2.75) is 25.4 Å². The molecule has 1 N–H and O–H groups in total. The summed E-state index contributed by atoms with van der Waals surface area (Å²) in [6, 6.07) is 21.7. The molecule has 0 fully saturated rings. The molecule has 0 atom stereocenters. The molecular weight excluding hydrogens is 434 g/mol. The normalized spacial score (nSPS) is 10.8. The zero-order valence-electron chi connectivity index (χ0n) is 18.4. The molecule has 0 radical (unpaired) electrons. The predicted octanol–water partition coefficient (Wildman–Crippen LogP) is 4.88. The molecule has 0 bridgehead atoms. The molecule has 3 aromatic carbocycles. The Labute approximate surface area is 195 Å². The standard InChI is InChI=1S/C26H23N3O3S/c1-3-18-8-14-21(15-9-18)29-25(32)22-6-4-5-7-23(22)28-26(29)33-16-24(31)27-20-12-10-19(11-13-20)17(2)30/h4-15H,3,16H2,1-2H3,(H,27,31). The van der Waals surface area contributed by atoms with E-state index in [2.05, 4.69) is 17.2 Å². The number of thioether (sulfide) groups is 1. The van der Waals surface area contributed by atoms with Gasteiger partial charge in [0.2, 0.25) is 5.91 Å². The van der Waals surface area contributed by atoms with Gasteiger partial charge in [-0.1, -0.05) is 43.0 Å². The van der Waals surface area contributed by atoms with Gasteiger partial charge in [0.25, 0.3) is 5.56 Å². The number of nitrogens with one attached hydrogen (secondary N) is 1. The number of anilines is 1. The first-order valence-corrected chi connectivity index (χ1v) is 11.6. The van der Waals surface area contributed by atoms with E-state index in [1.807, 2.05) is 36.4 Å². The van der Waals surface area contributed by atoms with Crippen LogP contribution in [0, 0.1) is 0 Å². The lowest BCUT2D eigenvalue weighted by Crippen LogP contribution is -2.23. The van der Waals surface area contributed by atoms with E-state index in [1.54, 1.807) is 41.0 Å². The molecule has 0 aliphatic rings. The molecule has 166 valence electrons. The van der Waals surface area contributed by atoms with Crippen LogP contribution in [0.5, 0.6) is 0 Å². The number of aryl methyl sites for hydroxylation is 1. The van der Waals surface area contributed by atoms with E-state index in [1.165, 1.54) is 24.2 Å². The summed E-state index contributed by atoms with van der Waals surface area (Å²) in [5, 5.41) is 3.79. The van der Waals surface area contributed by atoms with Crippen LogP contribution in [-0.2, 0) is 11.2 Å². The number of carbonyl (C=O) groups is 2. The molecule has 6 nitrogen and oxygen atoms in total. The van der Waals surface area contributed by atoms with Crippen LogP contribution < -0.4 is 10.9 Å². The largest absolute Gasteiger partial charge is 0.325 e. The van der Waals surface area contributed by atoms with Crippen LogP contribution in [0.15, 0.2) is 82.7 Å². The number of hydrogen-bond acceptors (Lipinski definition) is 5. The Hall–Kier alpha value is -3.71. The second-order valence-electron chi connectivity index (χ2n) is 7.54. The maximum Gasteiger partial charge on any atom is 0.266 e. The van der Waals surface area contributed by atoms with Gasteiger partial charge < -0.3 is 5.32 Å². The van der Waals surface area contributed by atoms with Crippen LogP contribution >= 0.6 is 11.8 Å². The van der Waals surface area contributed by atoms with Crippen LogP contribution in [0.3, 0.4) is 0 Å². The van der Waals surface area contributed by atoms with Gasteiger partial charge >= 0.3 is 0 Å². The number of rotatable bonds is 7. The number of nitrogens with zero attached hydrogens (tertiary/aromatic N) is 2. The average molecular weight is 458 g/mol. The summed E-state index contributed by atoms with van der Waals surface area (Å²) >= 11 is 1.20. The summed E-state index contributed by atoms with van der Waals surface area (Å²) in [6.07, 6.45) is 0.903. The van der Waals surface area contributed by atoms with Crippen LogP contribution in [0.4, 0.5) is 5.69 Å². The molecule has 0 unspecified atom stereocenters. The van der Waals surface area contributed by atoms with Crippen LogP contribution in [0.2, 0.25) is 0 Å². The molecule has 1 heterocycles. The molecule has 0 aliphatic carbocycles. The molecule has 4 rings (SSSR count). The van der Waals surface area contributed by atoms with E-state index < -0.39 is 0 Å². The molecule has 0 aliphatic heterocycles. The maximum atomic E-state index is 13.3. The van der Waals surface area contributed by atoms with Crippen molar-refractivity contribution in [1.82, 2.24) is 9.55 Å². The lowest BCUT2D eigenvalue weighted by Gasteiger charge is -2.14. The maximum absolute atomic E-state index is 13.3. The summed E-state index contributed by atoms with van der Waals surface area (Å²) < 4.78 is 1.56. The Balaban J connectivity index is 1.61. The Bertz CT molecular complexity index is 1380. The Morgan fingerprint density at radius 3 is 2.33 bits per heavy atom. The number of aromatic nitrogens is 2. The highest BCUT2D eigenvalue weighted by Gasteiger charge is 2.15. The van der Waals surface area contributed by atoms with Crippen LogP contribution in [0.25, 0.3) is 16.6 Å². The zero-order valence-corrected chi connectivity index (χ0v) is 19.2. The van der Waals surface area contributed by atoms with Gasteiger partial charge in [-0.2, -0.15) is 0 Å². The SMILES string of the molecule is CCc1ccc(-n2c(SCC(=O)Nc3ccc(C(C)=O)cc3)nc3ccccc3c2=O)cc1. The zero-order chi connectivity index (χ0) is 23.4. The highest BCUT2D eigenvalue weighted by atomic mass is 32.2. The van der Waals surface area contributed by atoms with Gasteiger partial charge in [0.15, 0.2) is 10.9 Å². The van der Waals surface area contributed by atoms with Crippen LogP contribution in [0.1, 0.15) is 29.8 Å². The second-order valence-corrected chi connectivity index (χ2v) is 8.48. The van der Waals surface area contributed by atoms with Gasteiger partial charge in [0.1, 0.15) is 0 Å². The summed E-state index contributed by atoms with van der Waals surface area (Å²) in [6.45, 7) is 3.57. The molecule has 7 heteroatoms. The highest BCUT2D eigenvalue weighted by molar-refractivity contribution is 7.99. The average Bonchev–Trinajstić information content (AvgIpc) is 2.83. The van der Waals surface area contributed by atoms with Crippen molar-refractivity contribution in [3.63, 3.8) is 0 Å². The Kier molecular flexibility index (Phi) is 6.70. The Morgan fingerprint density at radius 1 is 0.970 bits per heavy atom.